The predicted molar refractivity (Wildman–Crippen MR) is 77.2 cm³/mol. The standard InChI is InChI=1S/C15H20BNO2/c1-11-7-8-13(9-12(11)10-17-6)16-18-14(2,3)15(4,5)19-16/h7-9H,10H2,1-5H3. The van der Waals surface area contributed by atoms with E-state index in [4.69, 9.17) is 15.9 Å². The zero-order valence-electron chi connectivity index (χ0n) is 12.3. The zero-order valence-corrected chi connectivity index (χ0v) is 12.3. The number of aryl methyl sites for hydroxylation is 1. The van der Waals surface area contributed by atoms with Crippen LogP contribution in [0.3, 0.4) is 0 Å². The van der Waals surface area contributed by atoms with Gasteiger partial charge in [-0.2, -0.15) is 0 Å². The van der Waals surface area contributed by atoms with Gasteiger partial charge in [0.15, 0.2) is 0 Å². The van der Waals surface area contributed by atoms with Crippen LogP contribution < -0.4 is 5.46 Å². The summed E-state index contributed by atoms with van der Waals surface area (Å²) in [4.78, 5) is 3.46. The van der Waals surface area contributed by atoms with Gasteiger partial charge in [0.1, 0.15) is 0 Å². The molecule has 1 saturated heterocycles. The van der Waals surface area contributed by atoms with Crippen molar-refractivity contribution in [3.63, 3.8) is 0 Å². The molecule has 100 valence electrons. The summed E-state index contributed by atoms with van der Waals surface area (Å²) in [6.45, 7) is 17.6. The van der Waals surface area contributed by atoms with E-state index < -0.39 is 0 Å². The molecule has 0 saturated carbocycles. The van der Waals surface area contributed by atoms with Crippen molar-refractivity contribution in [2.75, 3.05) is 0 Å². The fraction of sp³-hybridized carbons (Fsp3) is 0.533. The SMILES string of the molecule is [C-]#[N+]Cc1cc(B2OC(C)(C)C(C)(C)O2)ccc1C. The third-order valence-electron chi connectivity index (χ3n) is 4.15. The molecule has 19 heavy (non-hydrogen) atoms. The molecule has 0 amide bonds. The Bertz CT molecular complexity index is 515. The Morgan fingerprint density at radius 1 is 1.16 bits per heavy atom. The quantitative estimate of drug-likeness (QED) is 0.600. The van der Waals surface area contributed by atoms with Gasteiger partial charge in [0, 0.05) is 5.56 Å². The lowest BCUT2D eigenvalue weighted by Crippen LogP contribution is -2.41. The summed E-state index contributed by atoms with van der Waals surface area (Å²) in [6.07, 6.45) is 0. The number of benzene rings is 1. The Hall–Kier alpha value is -1.31. The van der Waals surface area contributed by atoms with Gasteiger partial charge in [-0.05, 0) is 45.6 Å². The van der Waals surface area contributed by atoms with Crippen LogP contribution in [0.1, 0.15) is 38.8 Å². The van der Waals surface area contributed by atoms with Crippen LogP contribution in [0.2, 0.25) is 0 Å². The maximum atomic E-state index is 7.01. The highest BCUT2D eigenvalue weighted by atomic mass is 16.7. The minimum absolute atomic E-state index is 0.331. The van der Waals surface area contributed by atoms with Gasteiger partial charge in [0.2, 0.25) is 6.54 Å². The van der Waals surface area contributed by atoms with Crippen LogP contribution in [0.25, 0.3) is 4.85 Å². The molecule has 1 fully saturated rings. The van der Waals surface area contributed by atoms with Crippen molar-refractivity contribution in [2.24, 2.45) is 0 Å². The van der Waals surface area contributed by atoms with E-state index in [1.165, 1.54) is 0 Å². The second-order valence-electron chi connectivity index (χ2n) is 6.09. The number of nitrogens with zero attached hydrogens (tertiary/aromatic N) is 1. The normalized spacial score (nSPS) is 20.3. The van der Waals surface area contributed by atoms with Gasteiger partial charge in [0.05, 0.1) is 11.2 Å². The van der Waals surface area contributed by atoms with Crippen molar-refractivity contribution < 1.29 is 9.31 Å². The molecule has 2 rings (SSSR count). The molecule has 0 bridgehead atoms. The van der Waals surface area contributed by atoms with Gasteiger partial charge in [-0.3, -0.25) is 0 Å². The molecular weight excluding hydrogens is 237 g/mol. The van der Waals surface area contributed by atoms with Gasteiger partial charge in [-0.15, -0.1) is 0 Å². The third-order valence-corrected chi connectivity index (χ3v) is 4.15. The molecular formula is C15H20BNO2. The predicted octanol–water partition coefficient (Wildman–Crippen LogP) is 2.71. The van der Waals surface area contributed by atoms with Crippen molar-refractivity contribution in [1.29, 1.82) is 0 Å². The van der Waals surface area contributed by atoms with Crippen molar-refractivity contribution in [1.82, 2.24) is 0 Å². The first-order chi connectivity index (χ1) is 8.77. The van der Waals surface area contributed by atoms with Gasteiger partial charge in [-0.1, -0.05) is 18.2 Å². The highest BCUT2D eigenvalue weighted by molar-refractivity contribution is 6.62. The molecule has 1 aliphatic heterocycles. The molecule has 4 heteroatoms. The molecule has 1 heterocycles. The summed E-state index contributed by atoms with van der Waals surface area (Å²) in [5.74, 6) is 0. The average molecular weight is 257 g/mol. The minimum Gasteiger partial charge on any atom is -0.399 e. The van der Waals surface area contributed by atoms with E-state index in [9.17, 15) is 0 Å². The van der Waals surface area contributed by atoms with E-state index in [0.717, 1.165) is 16.6 Å². The smallest absolute Gasteiger partial charge is 0.399 e. The van der Waals surface area contributed by atoms with E-state index in [1.54, 1.807) is 0 Å². The maximum Gasteiger partial charge on any atom is 0.494 e. The monoisotopic (exact) mass is 257 g/mol. The molecule has 0 unspecified atom stereocenters. The first-order valence-electron chi connectivity index (χ1n) is 6.55. The molecule has 0 N–H and O–H groups in total. The van der Waals surface area contributed by atoms with Crippen molar-refractivity contribution >= 4 is 12.6 Å². The first kappa shape index (κ1) is 14.1. The van der Waals surface area contributed by atoms with E-state index in [1.807, 2.05) is 52.8 Å². The number of hydrogen-bond donors (Lipinski definition) is 0. The fourth-order valence-corrected chi connectivity index (χ4v) is 2.07. The second-order valence-corrected chi connectivity index (χ2v) is 6.09. The lowest BCUT2D eigenvalue weighted by molar-refractivity contribution is 0.00578. The molecule has 0 aromatic heterocycles. The maximum absolute atomic E-state index is 7.01. The number of hydrogen-bond acceptors (Lipinski definition) is 2. The van der Waals surface area contributed by atoms with Gasteiger partial charge >= 0.3 is 7.12 Å². The summed E-state index contributed by atoms with van der Waals surface area (Å²) < 4.78 is 12.0. The molecule has 0 spiro atoms. The van der Waals surface area contributed by atoms with Crippen molar-refractivity contribution in [3.8, 4) is 0 Å². The van der Waals surface area contributed by atoms with Gasteiger partial charge in [0.25, 0.3) is 0 Å². The summed E-state index contributed by atoms with van der Waals surface area (Å²) in [6, 6.07) is 6.07. The zero-order chi connectivity index (χ0) is 14.3. The number of rotatable bonds is 2. The van der Waals surface area contributed by atoms with Crippen molar-refractivity contribution in [2.45, 2.75) is 52.4 Å². The Morgan fingerprint density at radius 2 is 1.74 bits per heavy atom. The summed E-state index contributed by atoms with van der Waals surface area (Å²) in [7, 11) is -0.352. The molecule has 0 aliphatic carbocycles. The molecule has 1 aromatic carbocycles. The third kappa shape index (κ3) is 2.54. The van der Waals surface area contributed by atoms with E-state index in [-0.39, 0.29) is 18.3 Å². The lowest BCUT2D eigenvalue weighted by atomic mass is 9.78. The van der Waals surface area contributed by atoms with Crippen LogP contribution in [-0.2, 0) is 15.9 Å². The topological polar surface area (TPSA) is 22.8 Å². The van der Waals surface area contributed by atoms with Crippen LogP contribution >= 0.6 is 0 Å². The van der Waals surface area contributed by atoms with Crippen molar-refractivity contribution in [3.05, 3.63) is 40.7 Å². The van der Waals surface area contributed by atoms with Gasteiger partial charge < -0.3 is 14.2 Å². The molecule has 3 nitrogen and oxygen atoms in total. The molecule has 0 atom stereocenters. The van der Waals surface area contributed by atoms with Crippen LogP contribution in [0.5, 0.6) is 0 Å². The molecule has 1 aromatic rings. The minimum atomic E-state index is -0.352. The van der Waals surface area contributed by atoms with Crippen LogP contribution in [0.4, 0.5) is 0 Å². The Morgan fingerprint density at radius 3 is 2.26 bits per heavy atom. The van der Waals surface area contributed by atoms with Gasteiger partial charge in [-0.25, -0.2) is 6.57 Å². The van der Waals surface area contributed by atoms with Crippen LogP contribution in [-0.4, -0.2) is 18.3 Å². The summed E-state index contributed by atoms with van der Waals surface area (Å²) in [5.41, 5.74) is 2.51. The highest BCUT2D eigenvalue weighted by Gasteiger charge is 2.51. The summed E-state index contributed by atoms with van der Waals surface area (Å²) >= 11 is 0. The highest BCUT2D eigenvalue weighted by Crippen LogP contribution is 2.36. The Kier molecular flexibility index (Phi) is 3.46. The second kappa shape index (κ2) is 4.66. The molecule has 0 radical (unpaired) electrons. The van der Waals surface area contributed by atoms with E-state index in [0.29, 0.717) is 6.54 Å². The summed E-state index contributed by atoms with van der Waals surface area (Å²) in [5, 5.41) is 0. The fourth-order valence-electron chi connectivity index (χ4n) is 2.07. The Labute approximate surface area is 115 Å². The molecule has 1 aliphatic rings. The van der Waals surface area contributed by atoms with E-state index in [2.05, 4.69) is 4.85 Å². The average Bonchev–Trinajstić information content (AvgIpc) is 2.51. The lowest BCUT2D eigenvalue weighted by Gasteiger charge is -2.32. The van der Waals surface area contributed by atoms with Crippen LogP contribution in [0.15, 0.2) is 18.2 Å². The Balaban J connectivity index is 2.30. The largest absolute Gasteiger partial charge is 0.494 e. The van der Waals surface area contributed by atoms with Crippen LogP contribution in [0, 0.1) is 13.5 Å². The van der Waals surface area contributed by atoms with E-state index >= 15 is 0 Å². The first-order valence-corrected chi connectivity index (χ1v) is 6.55.